The summed E-state index contributed by atoms with van der Waals surface area (Å²) in [7, 11) is 1.66. The van der Waals surface area contributed by atoms with Crippen LogP contribution in [0, 0.1) is 18.8 Å². The number of rotatable bonds is 5. The summed E-state index contributed by atoms with van der Waals surface area (Å²) in [6, 6.07) is 5.97. The molecule has 1 unspecified atom stereocenters. The number of nitrogens with two attached hydrogens (primary N) is 1. The second kappa shape index (κ2) is 8.39. The Morgan fingerprint density at radius 3 is 2.82 bits per heavy atom. The van der Waals surface area contributed by atoms with E-state index in [1.807, 2.05) is 26.0 Å². The molecule has 5 heteroatoms. The molecule has 0 saturated heterocycles. The monoisotopic (exact) mass is 326 g/mol. The van der Waals surface area contributed by atoms with E-state index in [0.717, 1.165) is 36.1 Å². The smallest absolute Gasteiger partial charge is 0.223 e. The topological polar surface area (TPSA) is 64.3 Å². The van der Waals surface area contributed by atoms with E-state index >= 15 is 0 Å². The number of aryl methyl sites for hydroxylation is 1. The van der Waals surface area contributed by atoms with Crippen LogP contribution in [-0.2, 0) is 4.79 Å². The van der Waals surface area contributed by atoms with Crippen molar-refractivity contribution in [3.8, 4) is 5.75 Å². The van der Waals surface area contributed by atoms with Crippen LogP contribution in [-0.4, -0.2) is 19.6 Å². The summed E-state index contributed by atoms with van der Waals surface area (Å²) in [5.74, 6) is 1.33. The summed E-state index contributed by atoms with van der Waals surface area (Å²) >= 11 is 0. The molecule has 1 aliphatic rings. The largest absolute Gasteiger partial charge is 0.496 e. The maximum atomic E-state index is 12.5. The first kappa shape index (κ1) is 18.8. The molecule has 3 atom stereocenters. The van der Waals surface area contributed by atoms with Gasteiger partial charge in [-0.15, -0.1) is 12.4 Å². The molecule has 1 amide bonds. The summed E-state index contributed by atoms with van der Waals surface area (Å²) in [5, 5.41) is 3.13. The third-order valence-corrected chi connectivity index (χ3v) is 4.51. The standard InChI is InChI=1S/C17H26N2O2.ClH/c1-11-7-8-16(21-3)15(9-11)12(2)19-17(20)14-6-4-5-13(14)10-18;/h7-9,12-14H,4-6,10,18H2,1-3H3,(H,19,20);1H/t12?,13-,14-;/m1./s1. The molecular formula is C17H27ClN2O2. The molecule has 1 aliphatic carbocycles. The van der Waals surface area contributed by atoms with Crippen molar-refractivity contribution in [2.45, 2.75) is 39.2 Å². The Hall–Kier alpha value is -1.26. The molecule has 2 rings (SSSR count). The normalized spacial score (nSPS) is 21.8. The molecule has 3 N–H and O–H groups in total. The zero-order valence-electron chi connectivity index (χ0n) is 13.6. The molecule has 1 aromatic carbocycles. The minimum Gasteiger partial charge on any atom is -0.496 e. The van der Waals surface area contributed by atoms with Crippen LogP contribution in [0.25, 0.3) is 0 Å². The molecule has 0 radical (unpaired) electrons. The van der Waals surface area contributed by atoms with E-state index in [9.17, 15) is 4.79 Å². The van der Waals surface area contributed by atoms with Gasteiger partial charge in [-0.3, -0.25) is 4.79 Å². The molecule has 1 fully saturated rings. The van der Waals surface area contributed by atoms with Gasteiger partial charge in [0.05, 0.1) is 13.2 Å². The molecule has 0 bridgehead atoms. The number of ether oxygens (including phenoxy) is 1. The average Bonchev–Trinajstić information content (AvgIpc) is 2.95. The highest BCUT2D eigenvalue weighted by Crippen LogP contribution is 2.32. The first-order valence-corrected chi connectivity index (χ1v) is 7.71. The van der Waals surface area contributed by atoms with Crippen molar-refractivity contribution in [2.75, 3.05) is 13.7 Å². The van der Waals surface area contributed by atoms with Crippen LogP contribution >= 0.6 is 12.4 Å². The highest BCUT2D eigenvalue weighted by Gasteiger charge is 2.32. The van der Waals surface area contributed by atoms with Gasteiger partial charge in [0.1, 0.15) is 5.75 Å². The lowest BCUT2D eigenvalue weighted by Gasteiger charge is -2.22. The Morgan fingerprint density at radius 1 is 1.45 bits per heavy atom. The molecule has 0 heterocycles. The Balaban J connectivity index is 0.00000242. The van der Waals surface area contributed by atoms with Gasteiger partial charge in [0.25, 0.3) is 0 Å². The highest BCUT2D eigenvalue weighted by atomic mass is 35.5. The number of benzene rings is 1. The van der Waals surface area contributed by atoms with Crippen LogP contribution in [0.4, 0.5) is 0 Å². The number of hydrogen-bond acceptors (Lipinski definition) is 3. The van der Waals surface area contributed by atoms with Gasteiger partial charge in [-0.1, -0.05) is 24.1 Å². The molecular weight excluding hydrogens is 300 g/mol. The van der Waals surface area contributed by atoms with E-state index in [2.05, 4.69) is 11.4 Å². The van der Waals surface area contributed by atoms with Gasteiger partial charge in [0, 0.05) is 11.5 Å². The number of amides is 1. The number of carbonyl (C=O) groups excluding carboxylic acids is 1. The van der Waals surface area contributed by atoms with E-state index in [4.69, 9.17) is 10.5 Å². The van der Waals surface area contributed by atoms with E-state index in [1.54, 1.807) is 7.11 Å². The molecule has 1 aromatic rings. The molecule has 0 aliphatic heterocycles. The number of hydrogen-bond donors (Lipinski definition) is 2. The predicted molar refractivity (Wildman–Crippen MR) is 91.4 cm³/mol. The van der Waals surface area contributed by atoms with Gasteiger partial charge in [-0.05, 0) is 45.2 Å². The van der Waals surface area contributed by atoms with Crippen LogP contribution in [0.15, 0.2) is 18.2 Å². The zero-order valence-corrected chi connectivity index (χ0v) is 14.4. The first-order chi connectivity index (χ1) is 10.1. The van der Waals surface area contributed by atoms with Crippen LogP contribution in [0.2, 0.25) is 0 Å². The third-order valence-electron chi connectivity index (χ3n) is 4.51. The summed E-state index contributed by atoms with van der Waals surface area (Å²) < 4.78 is 5.40. The van der Waals surface area contributed by atoms with Crippen molar-refractivity contribution in [1.29, 1.82) is 0 Å². The van der Waals surface area contributed by atoms with E-state index in [1.165, 1.54) is 0 Å². The van der Waals surface area contributed by atoms with Crippen molar-refractivity contribution in [2.24, 2.45) is 17.6 Å². The fraction of sp³-hybridized carbons (Fsp3) is 0.588. The number of methoxy groups -OCH3 is 1. The van der Waals surface area contributed by atoms with Gasteiger partial charge in [0.2, 0.25) is 5.91 Å². The maximum absolute atomic E-state index is 12.5. The Bertz CT molecular complexity index is 507. The van der Waals surface area contributed by atoms with Gasteiger partial charge in [-0.2, -0.15) is 0 Å². The SMILES string of the molecule is COc1ccc(C)cc1C(C)NC(=O)[C@@H]1CCC[C@@H]1CN.Cl. The summed E-state index contributed by atoms with van der Waals surface area (Å²) in [6.07, 6.45) is 3.12. The van der Waals surface area contributed by atoms with E-state index in [0.29, 0.717) is 12.5 Å². The van der Waals surface area contributed by atoms with Crippen LogP contribution in [0.5, 0.6) is 5.75 Å². The molecule has 0 aromatic heterocycles. The second-order valence-electron chi connectivity index (χ2n) is 6.01. The lowest BCUT2D eigenvalue weighted by atomic mass is 9.94. The van der Waals surface area contributed by atoms with E-state index in [-0.39, 0.29) is 30.3 Å². The molecule has 0 spiro atoms. The summed E-state index contributed by atoms with van der Waals surface area (Å²) in [5.41, 5.74) is 7.95. The number of carbonyl (C=O) groups is 1. The lowest BCUT2D eigenvalue weighted by Crippen LogP contribution is -2.36. The quantitative estimate of drug-likeness (QED) is 0.874. The Labute approximate surface area is 139 Å². The lowest BCUT2D eigenvalue weighted by molar-refractivity contribution is -0.126. The summed E-state index contributed by atoms with van der Waals surface area (Å²) in [4.78, 5) is 12.5. The minimum absolute atomic E-state index is 0. The van der Waals surface area contributed by atoms with Crippen molar-refractivity contribution in [3.05, 3.63) is 29.3 Å². The van der Waals surface area contributed by atoms with Gasteiger partial charge in [0.15, 0.2) is 0 Å². The van der Waals surface area contributed by atoms with Crippen molar-refractivity contribution >= 4 is 18.3 Å². The zero-order chi connectivity index (χ0) is 15.4. The first-order valence-electron chi connectivity index (χ1n) is 7.71. The number of halogens is 1. The van der Waals surface area contributed by atoms with Gasteiger partial charge in [-0.25, -0.2) is 0 Å². The van der Waals surface area contributed by atoms with Crippen molar-refractivity contribution < 1.29 is 9.53 Å². The predicted octanol–water partition coefficient (Wildman–Crippen LogP) is 2.98. The average molecular weight is 327 g/mol. The van der Waals surface area contributed by atoms with Crippen molar-refractivity contribution in [3.63, 3.8) is 0 Å². The Morgan fingerprint density at radius 2 is 2.18 bits per heavy atom. The molecule has 124 valence electrons. The van der Waals surface area contributed by atoms with E-state index < -0.39 is 0 Å². The maximum Gasteiger partial charge on any atom is 0.223 e. The molecule has 1 saturated carbocycles. The van der Waals surface area contributed by atoms with Crippen LogP contribution in [0.3, 0.4) is 0 Å². The summed E-state index contributed by atoms with van der Waals surface area (Å²) in [6.45, 7) is 4.64. The fourth-order valence-electron chi connectivity index (χ4n) is 3.25. The number of nitrogens with one attached hydrogen (secondary N) is 1. The molecule has 22 heavy (non-hydrogen) atoms. The highest BCUT2D eigenvalue weighted by molar-refractivity contribution is 5.85. The Kier molecular flexibility index (Phi) is 7.17. The van der Waals surface area contributed by atoms with Crippen molar-refractivity contribution in [1.82, 2.24) is 5.32 Å². The molecule has 4 nitrogen and oxygen atoms in total. The van der Waals surface area contributed by atoms with Crippen LogP contribution < -0.4 is 15.8 Å². The van der Waals surface area contributed by atoms with Crippen LogP contribution in [0.1, 0.15) is 43.4 Å². The third kappa shape index (κ3) is 4.14. The van der Waals surface area contributed by atoms with Gasteiger partial charge >= 0.3 is 0 Å². The second-order valence-corrected chi connectivity index (χ2v) is 6.01. The van der Waals surface area contributed by atoms with Gasteiger partial charge < -0.3 is 15.8 Å². The minimum atomic E-state index is -0.0635. The fourth-order valence-corrected chi connectivity index (χ4v) is 3.25.